The summed E-state index contributed by atoms with van der Waals surface area (Å²) in [6.45, 7) is 6.14. The van der Waals surface area contributed by atoms with Crippen molar-refractivity contribution in [2.45, 2.75) is 45.4 Å². The monoisotopic (exact) mass is 463 g/mol. The molecule has 34 heavy (non-hydrogen) atoms. The Kier molecular flexibility index (Phi) is 6.99. The molecule has 1 saturated heterocycles. The van der Waals surface area contributed by atoms with Crippen LogP contribution in [-0.4, -0.2) is 50.8 Å². The van der Waals surface area contributed by atoms with Crippen LogP contribution in [0.5, 0.6) is 0 Å². The smallest absolute Gasteiger partial charge is 0.230 e. The van der Waals surface area contributed by atoms with Crippen molar-refractivity contribution in [3.8, 4) is 0 Å². The second-order valence-corrected chi connectivity index (χ2v) is 10.4. The van der Waals surface area contributed by atoms with Gasteiger partial charge in [0.1, 0.15) is 0 Å². The number of anilines is 2. The quantitative estimate of drug-likeness (QED) is 0.639. The van der Waals surface area contributed by atoms with Crippen LogP contribution in [0.1, 0.15) is 45.4 Å². The van der Waals surface area contributed by atoms with Crippen molar-refractivity contribution in [2.24, 2.45) is 28.7 Å². The van der Waals surface area contributed by atoms with Gasteiger partial charge in [0.2, 0.25) is 11.8 Å². The number of nitrogens with zero attached hydrogens (tertiary/aromatic N) is 2. The molecular formula is C27H37N5O2. The summed E-state index contributed by atoms with van der Waals surface area (Å²) in [4.78, 5) is 32.7. The maximum absolute atomic E-state index is 13.8. The molecule has 1 unspecified atom stereocenters. The van der Waals surface area contributed by atoms with E-state index < -0.39 is 0 Å². The first-order valence-corrected chi connectivity index (χ1v) is 13.0. The second-order valence-electron chi connectivity index (χ2n) is 10.4. The number of benzene rings is 1. The van der Waals surface area contributed by atoms with Crippen molar-refractivity contribution in [3.63, 3.8) is 0 Å². The Labute approximate surface area is 202 Å². The predicted molar refractivity (Wildman–Crippen MR) is 136 cm³/mol. The molecule has 0 bridgehead atoms. The Bertz CT molecular complexity index is 973. The third-order valence-electron chi connectivity index (χ3n) is 7.99. The molecule has 7 heteroatoms. The van der Waals surface area contributed by atoms with Gasteiger partial charge in [-0.1, -0.05) is 19.1 Å². The van der Waals surface area contributed by atoms with Crippen LogP contribution in [0.3, 0.4) is 0 Å². The van der Waals surface area contributed by atoms with E-state index in [4.69, 9.17) is 0 Å². The predicted octanol–water partition coefficient (Wildman–Crippen LogP) is 3.34. The van der Waals surface area contributed by atoms with Gasteiger partial charge < -0.3 is 20.9 Å². The minimum atomic E-state index is 0.0320. The summed E-state index contributed by atoms with van der Waals surface area (Å²) in [6, 6.07) is 8.13. The Balaban J connectivity index is 1.21. The Morgan fingerprint density at radius 2 is 1.82 bits per heavy atom. The van der Waals surface area contributed by atoms with Crippen molar-refractivity contribution in [1.29, 1.82) is 0 Å². The largest absolute Gasteiger partial charge is 0.357 e. The number of para-hydroxylation sites is 2. The van der Waals surface area contributed by atoms with Gasteiger partial charge in [0.05, 0.1) is 17.9 Å². The molecule has 3 N–H and O–H groups in total. The van der Waals surface area contributed by atoms with Crippen molar-refractivity contribution in [2.75, 3.05) is 42.9 Å². The van der Waals surface area contributed by atoms with Gasteiger partial charge in [-0.25, -0.2) is 0 Å². The van der Waals surface area contributed by atoms with E-state index in [1.165, 1.54) is 5.70 Å². The highest BCUT2D eigenvalue weighted by Crippen LogP contribution is 2.37. The zero-order valence-corrected chi connectivity index (χ0v) is 20.2. The van der Waals surface area contributed by atoms with Gasteiger partial charge >= 0.3 is 0 Å². The van der Waals surface area contributed by atoms with Crippen molar-refractivity contribution in [3.05, 3.63) is 35.5 Å². The molecule has 5 rings (SSSR count). The van der Waals surface area contributed by atoms with Crippen molar-refractivity contribution in [1.82, 2.24) is 10.6 Å². The van der Waals surface area contributed by atoms with Crippen LogP contribution >= 0.6 is 0 Å². The molecule has 1 saturated carbocycles. The number of hydrogen-bond donors (Lipinski definition) is 3. The summed E-state index contributed by atoms with van der Waals surface area (Å²) in [7, 11) is 0. The number of hydrogen-bond acceptors (Lipinski definition) is 5. The van der Waals surface area contributed by atoms with E-state index in [1.54, 1.807) is 0 Å². The Hall–Kier alpha value is -2.67. The average Bonchev–Trinajstić information content (AvgIpc) is 3.05. The zero-order chi connectivity index (χ0) is 23.5. The summed E-state index contributed by atoms with van der Waals surface area (Å²) in [6.07, 6.45) is 7.55. The lowest BCUT2D eigenvalue weighted by Crippen LogP contribution is -2.42. The van der Waals surface area contributed by atoms with E-state index in [0.717, 1.165) is 81.7 Å². The third-order valence-corrected chi connectivity index (χ3v) is 7.99. The number of aliphatic imine (C=N–C) groups is 1. The fourth-order valence-corrected chi connectivity index (χ4v) is 5.85. The number of rotatable bonds is 4. The molecule has 0 radical (unpaired) electrons. The van der Waals surface area contributed by atoms with Crippen LogP contribution in [0.4, 0.5) is 11.4 Å². The van der Waals surface area contributed by atoms with Gasteiger partial charge in [0.15, 0.2) is 0 Å². The minimum absolute atomic E-state index is 0.0320. The van der Waals surface area contributed by atoms with Crippen LogP contribution in [0.25, 0.3) is 0 Å². The normalized spacial score (nSPS) is 27.3. The highest BCUT2D eigenvalue weighted by molar-refractivity contribution is 6.01. The molecule has 0 aromatic heterocycles. The molecule has 3 heterocycles. The Morgan fingerprint density at radius 3 is 2.62 bits per heavy atom. The Morgan fingerprint density at radius 1 is 1.06 bits per heavy atom. The zero-order valence-electron chi connectivity index (χ0n) is 20.2. The topological polar surface area (TPSA) is 85.8 Å². The summed E-state index contributed by atoms with van der Waals surface area (Å²) in [5.41, 5.74) is 4.25. The van der Waals surface area contributed by atoms with Gasteiger partial charge in [0.25, 0.3) is 0 Å². The summed E-state index contributed by atoms with van der Waals surface area (Å²) >= 11 is 0. The minimum Gasteiger partial charge on any atom is -0.357 e. The van der Waals surface area contributed by atoms with Gasteiger partial charge in [-0.3, -0.25) is 14.6 Å². The number of carbonyl (C=O) groups is 2. The van der Waals surface area contributed by atoms with E-state index in [1.807, 2.05) is 29.3 Å². The number of dihydropyridines is 1. The summed E-state index contributed by atoms with van der Waals surface area (Å²) in [5.74, 6) is 1.39. The van der Waals surface area contributed by atoms with Crippen LogP contribution < -0.4 is 20.9 Å². The maximum atomic E-state index is 13.8. The molecular weight excluding hydrogens is 426 g/mol. The first-order valence-electron chi connectivity index (χ1n) is 13.0. The molecule has 1 atom stereocenters. The highest BCUT2D eigenvalue weighted by Gasteiger charge is 2.34. The highest BCUT2D eigenvalue weighted by atomic mass is 16.2. The van der Waals surface area contributed by atoms with Gasteiger partial charge in [-0.05, 0) is 69.7 Å². The van der Waals surface area contributed by atoms with E-state index in [2.05, 4.69) is 33.9 Å². The van der Waals surface area contributed by atoms with Crippen LogP contribution in [0.15, 0.2) is 40.5 Å². The third kappa shape index (κ3) is 4.90. The fraction of sp³-hybridized carbons (Fsp3) is 0.593. The SMILES string of the molecule is CC1CN=CC2=C1Nc1ccccc1N(C(=O)C1CCC(CNC(=O)C3CCNCC3)CC1)C2. The van der Waals surface area contributed by atoms with Gasteiger partial charge in [-0.2, -0.15) is 0 Å². The average molecular weight is 464 g/mol. The lowest BCUT2D eigenvalue weighted by Gasteiger charge is -2.33. The molecule has 2 amide bonds. The summed E-state index contributed by atoms with van der Waals surface area (Å²) < 4.78 is 0. The van der Waals surface area contributed by atoms with Crippen LogP contribution in [0, 0.1) is 23.7 Å². The molecule has 0 spiro atoms. The summed E-state index contributed by atoms with van der Waals surface area (Å²) in [5, 5.41) is 10.1. The lowest BCUT2D eigenvalue weighted by molar-refractivity contribution is -0.126. The molecule has 1 aromatic rings. The fourth-order valence-electron chi connectivity index (χ4n) is 5.85. The van der Waals surface area contributed by atoms with E-state index >= 15 is 0 Å². The first-order chi connectivity index (χ1) is 16.6. The second kappa shape index (κ2) is 10.3. The molecule has 4 aliphatic rings. The van der Waals surface area contributed by atoms with E-state index in [0.29, 0.717) is 18.4 Å². The molecule has 2 fully saturated rings. The molecule has 3 aliphatic heterocycles. The van der Waals surface area contributed by atoms with Crippen molar-refractivity contribution >= 4 is 29.4 Å². The molecule has 1 aromatic carbocycles. The molecule has 182 valence electrons. The van der Waals surface area contributed by atoms with Crippen LogP contribution in [-0.2, 0) is 9.59 Å². The van der Waals surface area contributed by atoms with Crippen LogP contribution in [0.2, 0.25) is 0 Å². The molecule has 1 aliphatic carbocycles. The number of fused-ring (bicyclic) bond motifs is 1. The van der Waals surface area contributed by atoms with Crippen molar-refractivity contribution < 1.29 is 9.59 Å². The molecule has 7 nitrogen and oxygen atoms in total. The first kappa shape index (κ1) is 23.1. The number of piperidine rings is 1. The lowest BCUT2D eigenvalue weighted by atomic mass is 9.81. The van der Waals surface area contributed by atoms with Gasteiger partial charge in [-0.15, -0.1) is 0 Å². The van der Waals surface area contributed by atoms with Gasteiger partial charge in [0, 0.05) is 48.3 Å². The standard InChI is InChI=1S/C27H37N5O2/c1-18-14-29-16-22-17-32(24-5-3-2-4-23(24)31-25(18)22)27(34)21-8-6-19(7-9-21)15-30-26(33)20-10-12-28-13-11-20/h2-5,16,18-21,28,31H,6-15,17H2,1H3,(H,30,33). The maximum Gasteiger partial charge on any atom is 0.230 e. The van der Waals surface area contributed by atoms with E-state index in [-0.39, 0.29) is 23.7 Å². The number of amides is 2. The van der Waals surface area contributed by atoms with E-state index in [9.17, 15) is 9.59 Å². The number of nitrogens with one attached hydrogen (secondary N) is 3. The number of carbonyl (C=O) groups excluding carboxylic acids is 2.